The topological polar surface area (TPSA) is 0 Å². The Morgan fingerprint density at radius 1 is 0.917 bits per heavy atom. The van der Waals surface area contributed by atoms with Gasteiger partial charge in [-0.05, 0) is 0 Å². The Labute approximate surface area is 82.6 Å². The second-order valence-corrected chi connectivity index (χ2v) is 3.30. The van der Waals surface area contributed by atoms with Gasteiger partial charge in [0.25, 0.3) is 0 Å². The molecule has 3 rings (SSSR count). The lowest BCUT2D eigenvalue weighted by atomic mass is 8.80. The van der Waals surface area contributed by atoms with Gasteiger partial charge >= 0.3 is 0 Å². The molecule has 0 amide bonds. The third-order valence-corrected chi connectivity index (χ3v) is 2.31. The molecule has 0 aromatic heterocycles. The van der Waals surface area contributed by atoms with E-state index >= 15 is 0 Å². The molecular formula is C2H3B10. The lowest BCUT2D eigenvalue weighted by molar-refractivity contribution is 1.27. The monoisotopic (exact) mass is 137 g/mol. The van der Waals surface area contributed by atoms with Crippen LogP contribution in [0.25, 0.3) is 0 Å². The van der Waals surface area contributed by atoms with Crippen LogP contribution in [-0.2, 0) is 0 Å². The van der Waals surface area contributed by atoms with Crippen molar-refractivity contribution in [2.24, 2.45) is 0 Å². The quantitative estimate of drug-likeness (QED) is 0.310. The molecule has 1 unspecified atom stereocenters. The van der Waals surface area contributed by atoms with Gasteiger partial charge in [-0.2, -0.15) is 0 Å². The summed E-state index contributed by atoms with van der Waals surface area (Å²) in [5.41, 5.74) is 0.711. The van der Waals surface area contributed by atoms with Gasteiger partial charge in [-0.1, -0.05) is 0 Å². The normalized spacial score (nSPS) is 26.0. The van der Waals surface area contributed by atoms with Crippen LogP contribution in [0.1, 0.15) is 0 Å². The Balaban J connectivity index is 1.73. The largest absolute Gasteiger partial charge is 0.118 e. The second kappa shape index (κ2) is 4.77. The van der Waals surface area contributed by atoms with Gasteiger partial charge in [-0.25, -0.2) is 0 Å². The van der Waals surface area contributed by atoms with E-state index < -0.39 is 0 Å². The van der Waals surface area contributed by atoms with Gasteiger partial charge in [0, 0.05) is 56.6 Å². The minimum absolute atomic E-state index is 0.711. The van der Waals surface area contributed by atoms with Crippen LogP contribution in [0.2, 0.25) is 12.0 Å². The van der Waals surface area contributed by atoms with E-state index in [4.69, 9.17) is 0 Å². The van der Waals surface area contributed by atoms with Crippen molar-refractivity contribution in [1.82, 2.24) is 0 Å². The first-order valence-corrected chi connectivity index (χ1v) is 4.48. The average molecular weight is 135 g/mol. The molecule has 3 saturated heterocycles. The van der Waals surface area contributed by atoms with Crippen molar-refractivity contribution in [3.63, 3.8) is 0 Å². The molecule has 0 aromatic carbocycles. The molecule has 0 aliphatic carbocycles. The highest BCUT2D eigenvalue weighted by Crippen LogP contribution is 2.22. The summed E-state index contributed by atoms with van der Waals surface area (Å²) in [6, 6.07) is 0. The van der Waals surface area contributed by atoms with Gasteiger partial charge in [0.1, 0.15) is 0 Å². The molecule has 0 aromatic rings. The highest BCUT2D eigenvalue weighted by Gasteiger charge is 2.30. The fraction of sp³-hybridized carbons (Fsp3) is 1.00. The van der Waals surface area contributed by atoms with Gasteiger partial charge < -0.3 is 0 Å². The van der Waals surface area contributed by atoms with E-state index in [0.29, 0.717) is 12.2 Å². The summed E-state index contributed by atoms with van der Waals surface area (Å²) in [5, 5.41) is 0. The first kappa shape index (κ1) is 9.21. The van der Waals surface area contributed by atoms with Crippen LogP contribution in [-0.4, -0.2) is 70.3 Å². The van der Waals surface area contributed by atoms with E-state index in [1.165, 1.54) is 6.32 Å². The Bertz CT molecular complexity index is 110. The SMILES string of the molecule is [B]1[B][B][B][B]C2[B]B([B][B][B]1)C2. The summed E-state index contributed by atoms with van der Waals surface area (Å²) < 4.78 is 0. The molecule has 1 atom stereocenters. The summed E-state index contributed by atoms with van der Waals surface area (Å²) in [7, 11) is 19.5. The number of hydrogen-bond donors (Lipinski definition) is 0. The minimum atomic E-state index is 0.711. The summed E-state index contributed by atoms with van der Waals surface area (Å²) in [4.78, 5) is 0. The van der Waals surface area contributed by atoms with Crippen molar-refractivity contribution in [1.29, 1.82) is 0 Å². The van der Waals surface area contributed by atoms with Gasteiger partial charge in [0.2, 0.25) is 0 Å². The van der Waals surface area contributed by atoms with Gasteiger partial charge in [0.05, 0.1) is 13.7 Å². The Morgan fingerprint density at radius 3 is 2.42 bits per heavy atom. The van der Waals surface area contributed by atoms with Crippen molar-refractivity contribution >= 4 is 70.3 Å². The maximum absolute atomic E-state index is 2.39. The van der Waals surface area contributed by atoms with Gasteiger partial charge in [0.15, 0.2) is 0 Å². The van der Waals surface area contributed by atoms with E-state index in [1.807, 2.05) is 0 Å². The van der Waals surface area contributed by atoms with E-state index in [0.717, 1.165) is 0 Å². The van der Waals surface area contributed by atoms with Crippen molar-refractivity contribution in [2.45, 2.75) is 12.0 Å². The van der Waals surface area contributed by atoms with Crippen LogP contribution in [0.3, 0.4) is 0 Å². The predicted molar refractivity (Wildman–Crippen MR) is 66.1 cm³/mol. The molecule has 3 heterocycles. The lowest BCUT2D eigenvalue weighted by Crippen LogP contribution is -2.50. The molecule has 3 aliphatic rings. The van der Waals surface area contributed by atoms with E-state index in [9.17, 15) is 0 Å². The third kappa shape index (κ3) is 2.57. The highest BCUT2D eigenvalue weighted by atomic mass is 13.8. The number of fused-ring (bicyclic) bond motifs is 7. The smallest absolute Gasteiger partial charge is 0.0563 e. The van der Waals surface area contributed by atoms with Crippen LogP contribution in [0.5, 0.6) is 0 Å². The van der Waals surface area contributed by atoms with Crippen molar-refractivity contribution < 1.29 is 0 Å². The van der Waals surface area contributed by atoms with Gasteiger partial charge in [-0.3, -0.25) is 0 Å². The van der Waals surface area contributed by atoms with Crippen LogP contribution >= 0.6 is 0 Å². The fourth-order valence-corrected chi connectivity index (χ4v) is 1.55. The van der Waals surface area contributed by atoms with E-state index in [-0.39, 0.29) is 0 Å². The number of rotatable bonds is 0. The molecule has 0 nitrogen and oxygen atoms in total. The maximum atomic E-state index is 2.39. The molecule has 0 saturated carbocycles. The molecule has 10 heteroatoms. The third-order valence-electron chi connectivity index (χ3n) is 2.31. The standard InChI is InChI=1S/C2H3B10/c1-2-3-5-6-7-8-9-10-11-12(1)4-2/h2H,1H2. The molecule has 12 heavy (non-hydrogen) atoms. The maximum Gasteiger partial charge on any atom is 0.0563 e. The van der Waals surface area contributed by atoms with Gasteiger partial charge in [-0.15, -0.1) is 12.0 Å². The second-order valence-electron chi connectivity index (χ2n) is 3.30. The first-order valence-electron chi connectivity index (χ1n) is 4.48. The summed E-state index contributed by atoms with van der Waals surface area (Å²) in [5.74, 6) is 0. The van der Waals surface area contributed by atoms with E-state index in [2.05, 4.69) is 63.8 Å². The minimum Gasteiger partial charge on any atom is -0.118 e. The zero-order chi connectivity index (χ0) is 8.23. The molecule has 0 spiro atoms. The van der Waals surface area contributed by atoms with Crippen molar-refractivity contribution in [3.8, 4) is 0 Å². The van der Waals surface area contributed by atoms with E-state index in [1.54, 1.807) is 0 Å². The Morgan fingerprint density at radius 2 is 1.58 bits per heavy atom. The Hall–Kier alpha value is 0.649. The van der Waals surface area contributed by atoms with Crippen LogP contribution in [0.4, 0.5) is 0 Å². The van der Waals surface area contributed by atoms with Crippen molar-refractivity contribution in [3.05, 3.63) is 0 Å². The molecule has 3 aliphatic heterocycles. The first-order chi connectivity index (χ1) is 5.95. The summed E-state index contributed by atoms with van der Waals surface area (Å²) in [6.45, 7) is 0.711. The zero-order valence-corrected chi connectivity index (χ0v) is 7.06. The van der Waals surface area contributed by atoms with Crippen LogP contribution < -0.4 is 0 Å². The molecule has 3 fully saturated rings. The predicted octanol–water partition coefficient (Wildman–Crippen LogP) is -3.01. The molecule has 9 radical (unpaired) electrons. The van der Waals surface area contributed by atoms with Crippen LogP contribution in [0, 0.1) is 0 Å². The van der Waals surface area contributed by atoms with Crippen LogP contribution in [0.15, 0.2) is 0 Å². The molecule has 41 valence electrons. The highest BCUT2D eigenvalue weighted by molar-refractivity contribution is 7.73. The molecule has 0 N–H and O–H groups in total. The lowest BCUT2D eigenvalue weighted by Gasteiger charge is -2.33. The van der Waals surface area contributed by atoms with Crippen molar-refractivity contribution in [2.75, 3.05) is 0 Å². The average Bonchev–Trinajstić information content (AvgIpc) is 2.07. The zero-order valence-electron chi connectivity index (χ0n) is 7.06. The summed E-state index contributed by atoms with van der Waals surface area (Å²) in [6.07, 6.45) is 1.29. The fourth-order valence-electron chi connectivity index (χ4n) is 1.55. The molecular weight excluding hydrogens is 132 g/mol. The molecule has 2 bridgehead atoms. The number of hydrogen-bond acceptors (Lipinski definition) is 0. The summed E-state index contributed by atoms with van der Waals surface area (Å²) >= 11 is 0. The Kier molecular flexibility index (Phi) is 3.66.